The third kappa shape index (κ3) is 4.28. The molecule has 1 N–H and O–H groups in total. The zero-order chi connectivity index (χ0) is 23.2. The molecule has 0 aliphatic carbocycles. The van der Waals surface area contributed by atoms with Crippen LogP contribution in [0.4, 0.5) is 22.0 Å². The van der Waals surface area contributed by atoms with E-state index >= 15 is 0 Å². The fourth-order valence-corrected chi connectivity index (χ4v) is 3.90. The highest BCUT2D eigenvalue weighted by molar-refractivity contribution is 7.90. The average Bonchev–Trinajstić information content (AvgIpc) is 3.06. The second kappa shape index (κ2) is 8.07. The first-order valence-corrected chi connectivity index (χ1v) is 10.4. The van der Waals surface area contributed by atoms with Crippen LogP contribution in [-0.4, -0.2) is 33.7 Å². The molecule has 1 aliphatic heterocycles. The van der Waals surface area contributed by atoms with Crippen LogP contribution in [0.5, 0.6) is 5.75 Å². The number of ether oxygens (including phenoxy) is 1. The third-order valence-electron chi connectivity index (χ3n) is 4.81. The van der Waals surface area contributed by atoms with Crippen LogP contribution in [0.2, 0.25) is 0 Å². The van der Waals surface area contributed by atoms with Crippen LogP contribution in [-0.2, 0) is 16.9 Å². The number of halogens is 5. The van der Waals surface area contributed by atoms with Crippen LogP contribution >= 0.6 is 0 Å². The van der Waals surface area contributed by atoms with E-state index in [0.29, 0.717) is 0 Å². The number of allylic oxidation sites excluding steroid dienone is 1. The number of aromatic nitrogens is 1. The van der Waals surface area contributed by atoms with Gasteiger partial charge in [0, 0.05) is 28.1 Å². The molecule has 31 heavy (non-hydrogen) atoms. The van der Waals surface area contributed by atoms with Gasteiger partial charge in [-0.3, -0.25) is 0 Å². The minimum absolute atomic E-state index is 0.0171. The highest BCUT2D eigenvalue weighted by Gasteiger charge is 2.65. The molecule has 0 saturated heterocycles. The maximum Gasteiger partial charge on any atom is 0.418 e. The summed E-state index contributed by atoms with van der Waals surface area (Å²) in [5.74, 6) is -0.740. The zero-order valence-corrected chi connectivity index (χ0v) is 17.9. The van der Waals surface area contributed by atoms with E-state index in [0.717, 1.165) is 18.2 Å². The molecule has 0 radical (unpaired) electrons. The Morgan fingerprint density at radius 1 is 1.26 bits per heavy atom. The molecule has 1 aromatic heterocycles. The molecule has 3 rings (SSSR count). The normalized spacial score (nSPS) is 19.6. The minimum atomic E-state index is -4.91. The number of nitrogens with zero attached hydrogens (tertiary/aromatic N) is 1. The molecular formula is C21H21F5N2O2S. The van der Waals surface area contributed by atoms with Crippen molar-refractivity contribution in [3.63, 3.8) is 0 Å². The number of hydrogen-bond acceptors (Lipinski definition) is 4. The van der Waals surface area contributed by atoms with Gasteiger partial charge in [0.1, 0.15) is 29.5 Å². The lowest BCUT2D eigenvalue weighted by molar-refractivity contribution is -0.196. The van der Waals surface area contributed by atoms with E-state index in [1.54, 1.807) is 0 Å². The van der Waals surface area contributed by atoms with Gasteiger partial charge in [0.15, 0.2) is 5.75 Å². The summed E-state index contributed by atoms with van der Waals surface area (Å²) in [6.45, 7) is 6.20. The summed E-state index contributed by atoms with van der Waals surface area (Å²) < 4.78 is 89.2. The standard InChI is InChI=1S/C21H21F5N2O2S/c1-12(10-22)16-9-15-18(17(27-16)13-5-7-14(23)8-6-13)30-11-20(15,21(24,25)26)28-31(29)19(2,3)4/h5-9,28H,1,10-11H2,2-4H3/t20-,31?/m0/s1. The Hall–Kier alpha value is -2.17. The Kier molecular flexibility index (Phi) is 6.11. The van der Waals surface area contributed by atoms with Crippen LogP contribution in [0.1, 0.15) is 32.0 Å². The van der Waals surface area contributed by atoms with Crippen LogP contribution in [0, 0.1) is 5.82 Å². The Labute approximate surface area is 179 Å². The summed E-state index contributed by atoms with van der Waals surface area (Å²) >= 11 is -2.11. The van der Waals surface area contributed by atoms with Crippen LogP contribution < -0.4 is 9.46 Å². The molecule has 0 spiro atoms. The summed E-state index contributed by atoms with van der Waals surface area (Å²) in [5.41, 5.74) is -3.17. The van der Waals surface area contributed by atoms with Gasteiger partial charge in [0.25, 0.3) is 0 Å². The Balaban J connectivity index is 2.27. The molecule has 10 heteroatoms. The molecule has 0 saturated carbocycles. The minimum Gasteiger partial charge on any atom is -0.598 e. The molecule has 2 heterocycles. The van der Waals surface area contributed by atoms with Crippen molar-refractivity contribution in [1.29, 1.82) is 0 Å². The van der Waals surface area contributed by atoms with E-state index < -0.39 is 46.9 Å². The highest BCUT2D eigenvalue weighted by atomic mass is 32.2. The summed E-state index contributed by atoms with van der Waals surface area (Å²) in [6, 6.07) is 5.96. The van der Waals surface area contributed by atoms with Crippen molar-refractivity contribution in [1.82, 2.24) is 9.71 Å². The average molecular weight is 460 g/mol. The van der Waals surface area contributed by atoms with Gasteiger partial charge in [0.05, 0.1) is 5.69 Å². The first kappa shape index (κ1) is 23.5. The van der Waals surface area contributed by atoms with Crippen LogP contribution in [0.15, 0.2) is 36.9 Å². The van der Waals surface area contributed by atoms with E-state index in [1.165, 1.54) is 32.9 Å². The summed E-state index contributed by atoms with van der Waals surface area (Å²) in [5, 5.41) is 0. The molecule has 2 atom stereocenters. The number of hydrogen-bond donors (Lipinski definition) is 1. The van der Waals surface area contributed by atoms with Crippen molar-refractivity contribution in [3.8, 4) is 17.0 Å². The SMILES string of the molecule is C=C(CF)c1cc2c(c(-c3ccc(F)cc3)n1)OC[C@@]2(N[S+]([O-])C(C)(C)C)C(F)(F)F. The number of alkyl halides is 4. The number of benzene rings is 1. The largest absolute Gasteiger partial charge is 0.598 e. The third-order valence-corrected chi connectivity index (χ3v) is 6.46. The smallest absolute Gasteiger partial charge is 0.418 e. The molecule has 2 aromatic rings. The monoisotopic (exact) mass is 460 g/mol. The van der Waals surface area contributed by atoms with E-state index in [2.05, 4.69) is 16.3 Å². The predicted molar refractivity (Wildman–Crippen MR) is 109 cm³/mol. The van der Waals surface area contributed by atoms with Crippen molar-refractivity contribution in [2.45, 2.75) is 37.2 Å². The number of rotatable bonds is 5. The van der Waals surface area contributed by atoms with Gasteiger partial charge >= 0.3 is 6.18 Å². The zero-order valence-electron chi connectivity index (χ0n) is 17.1. The molecule has 168 valence electrons. The first-order chi connectivity index (χ1) is 14.3. The van der Waals surface area contributed by atoms with Gasteiger partial charge < -0.3 is 9.29 Å². The maximum atomic E-state index is 14.4. The fraction of sp³-hybridized carbons (Fsp3) is 0.381. The summed E-state index contributed by atoms with van der Waals surface area (Å²) in [4.78, 5) is 4.23. The lowest BCUT2D eigenvalue weighted by atomic mass is 9.90. The second-order valence-corrected chi connectivity index (χ2v) is 10.1. The number of fused-ring (bicyclic) bond motifs is 1. The molecule has 0 bridgehead atoms. The van der Waals surface area contributed by atoms with Gasteiger partial charge in [0.2, 0.25) is 5.54 Å². The fourth-order valence-electron chi connectivity index (χ4n) is 3.00. The maximum absolute atomic E-state index is 14.4. The van der Waals surface area contributed by atoms with Crippen molar-refractivity contribution in [2.24, 2.45) is 0 Å². The van der Waals surface area contributed by atoms with Crippen molar-refractivity contribution >= 4 is 16.9 Å². The Morgan fingerprint density at radius 3 is 2.39 bits per heavy atom. The number of nitrogens with one attached hydrogen (secondary N) is 1. The predicted octanol–water partition coefficient (Wildman–Crippen LogP) is 5.07. The van der Waals surface area contributed by atoms with Gasteiger partial charge in [-0.2, -0.15) is 13.2 Å². The lowest BCUT2D eigenvalue weighted by Gasteiger charge is -2.35. The Morgan fingerprint density at radius 2 is 1.87 bits per heavy atom. The summed E-state index contributed by atoms with van der Waals surface area (Å²) in [7, 11) is 0. The number of pyridine rings is 1. The molecule has 1 unspecified atom stereocenters. The van der Waals surface area contributed by atoms with Crippen LogP contribution in [0.3, 0.4) is 0 Å². The van der Waals surface area contributed by atoms with Gasteiger partial charge in [-0.05, 0) is 51.1 Å². The topological polar surface area (TPSA) is 57.2 Å². The van der Waals surface area contributed by atoms with Crippen molar-refractivity contribution < 1.29 is 31.2 Å². The van der Waals surface area contributed by atoms with E-state index in [1.807, 2.05) is 0 Å². The first-order valence-electron chi connectivity index (χ1n) is 9.25. The van der Waals surface area contributed by atoms with Crippen molar-refractivity contribution in [3.05, 3.63) is 54.0 Å². The van der Waals surface area contributed by atoms with Crippen molar-refractivity contribution in [2.75, 3.05) is 13.3 Å². The van der Waals surface area contributed by atoms with E-state index in [-0.39, 0.29) is 33.8 Å². The molecule has 0 amide bonds. The highest BCUT2D eigenvalue weighted by Crippen LogP contribution is 2.51. The molecule has 1 aliphatic rings. The Bertz CT molecular complexity index is 989. The summed E-state index contributed by atoms with van der Waals surface area (Å²) in [6.07, 6.45) is -4.91. The quantitative estimate of drug-likeness (QED) is 0.500. The van der Waals surface area contributed by atoms with E-state index in [4.69, 9.17) is 4.74 Å². The molecular weight excluding hydrogens is 439 g/mol. The van der Waals surface area contributed by atoms with E-state index in [9.17, 15) is 26.5 Å². The lowest BCUT2D eigenvalue weighted by Crippen LogP contribution is -2.60. The molecule has 4 nitrogen and oxygen atoms in total. The van der Waals surface area contributed by atoms with Gasteiger partial charge in [-0.15, -0.1) is 4.72 Å². The van der Waals surface area contributed by atoms with Gasteiger partial charge in [-0.25, -0.2) is 13.8 Å². The van der Waals surface area contributed by atoms with Gasteiger partial charge in [-0.1, -0.05) is 6.58 Å². The molecule has 1 aromatic carbocycles. The second-order valence-electron chi connectivity index (χ2n) is 8.15. The van der Waals surface area contributed by atoms with Crippen LogP contribution in [0.25, 0.3) is 16.8 Å². The molecule has 0 fully saturated rings.